The van der Waals surface area contributed by atoms with E-state index in [-0.39, 0.29) is 6.04 Å². The number of rotatable bonds is 6. The Morgan fingerprint density at radius 3 is 2.42 bits per heavy atom. The third-order valence-corrected chi connectivity index (χ3v) is 4.43. The highest BCUT2D eigenvalue weighted by molar-refractivity contribution is 5.87. The van der Waals surface area contributed by atoms with Gasteiger partial charge in [0.25, 0.3) is 0 Å². The Morgan fingerprint density at radius 1 is 0.958 bits per heavy atom. The smallest absolute Gasteiger partial charge is 0.123 e. The lowest BCUT2D eigenvalue weighted by molar-refractivity contribution is 0.135. The summed E-state index contributed by atoms with van der Waals surface area (Å²) in [6.07, 6.45) is -0.549. The van der Waals surface area contributed by atoms with Crippen molar-refractivity contribution >= 4 is 10.8 Å². The fourth-order valence-electron chi connectivity index (χ4n) is 3.00. The van der Waals surface area contributed by atoms with Crippen molar-refractivity contribution in [1.29, 1.82) is 0 Å². The maximum absolute atomic E-state index is 10.5. The SMILES string of the molecule is COc1ccc2ccccc2c1CN[C@@H](C)[C@@H](O)c1ccccc1. The highest BCUT2D eigenvalue weighted by atomic mass is 16.5. The molecule has 3 nitrogen and oxygen atoms in total. The van der Waals surface area contributed by atoms with Crippen molar-refractivity contribution in [3.05, 3.63) is 77.9 Å². The van der Waals surface area contributed by atoms with E-state index >= 15 is 0 Å². The molecule has 2 atom stereocenters. The van der Waals surface area contributed by atoms with Crippen LogP contribution in [0.3, 0.4) is 0 Å². The van der Waals surface area contributed by atoms with Crippen molar-refractivity contribution < 1.29 is 9.84 Å². The molecule has 0 bridgehead atoms. The van der Waals surface area contributed by atoms with Crippen LogP contribution >= 0.6 is 0 Å². The first-order chi connectivity index (χ1) is 11.7. The first-order valence-corrected chi connectivity index (χ1v) is 8.21. The normalized spacial score (nSPS) is 13.6. The standard InChI is InChI=1S/C21H23NO2/c1-15(21(23)17-9-4-3-5-10-17)22-14-19-18-11-7-6-8-16(18)12-13-20(19)24-2/h3-13,15,21-23H,14H2,1-2H3/t15-,21+/m0/s1. The topological polar surface area (TPSA) is 41.5 Å². The van der Waals surface area contributed by atoms with Crippen LogP contribution in [0.4, 0.5) is 0 Å². The molecular formula is C21H23NO2. The molecule has 2 N–H and O–H groups in total. The molecule has 3 heteroatoms. The van der Waals surface area contributed by atoms with Gasteiger partial charge >= 0.3 is 0 Å². The van der Waals surface area contributed by atoms with Crippen molar-refractivity contribution in [3.63, 3.8) is 0 Å². The minimum absolute atomic E-state index is 0.0731. The number of methoxy groups -OCH3 is 1. The van der Waals surface area contributed by atoms with E-state index in [0.29, 0.717) is 6.54 Å². The molecular weight excluding hydrogens is 298 g/mol. The number of hydrogen-bond acceptors (Lipinski definition) is 3. The molecule has 0 aromatic heterocycles. The summed E-state index contributed by atoms with van der Waals surface area (Å²) in [4.78, 5) is 0. The second-order valence-electron chi connectivity index (χ2n) is 5.99. The summed E-state index contributed by atoms with van der Waals surface area (Å²) in [5.74, 6) is 0.864. The molecule has 0 saturated carbocycles. The van der Waals surface area contributed by atoms with Gasteiger partial charge in [-0.2, -0.15) is 0 Å². The predicted octanol–water partition coefficient (Wildman–Crippen LogP) is 4.06. The minimum atomic E-state index is -0.549. The van der Waals surface area contributed by atoms with Gasteiger partial charge < -0.3 is 15.2 Å². The first-order valence-electron chi connectivity index (χ1n) is 8.21. The number of benzene rings is 3. The third kappa shape index (κ3) is 3.42. The van der Waals surface area contributed by atoms with E-state index in [1.807, 2.05) is 55.5 Å². The van der Waals surface area contributed by atoms with Crippen LogP contribution in [0, 0.1) is 0 Å². The number of nitrogens with one attached hydrogen (secondary N) is 1. The summed E-state index contributed by atoms with van der Waals surface area (Å²) in [6, 6.07) is 22.0. The van der Waals surface area contributed by atoms with E-state index in [1.54, 1.807) is 7.11 Å². The zero-order valence-electron chi connectivity index (χ0n) is 14.1. The molecule has 3 aromatic rings. The van der Waals surface area contributed by atoms with Crippen LogP contribution in [-0.4, -0.2) is 18.3 Å². The van der Waals surface area contributed by atoms with Crippen LogP contribution < -0.4 is 10.1 Å². The van der Waals surface area contributed by atoms with Crippen LogP contribution in [0.1, 0.15) is 24.2 Å². The maximum Gasteiger partial charge on any atom is 0.123 e. The van der Waals surface area contributed by atoms with Gasteiger partial charge in [-0.3, -0.25) is 0 Å². The fraction of sp³-hybridized carbons (Fsp3) is 0.238. The van der Waals surface area contributed by atoms with Crippen LogP contribution in [-0.2, 0) is 6.54 Å². The third-order valence-electron chi connectivity index (χ3n) is 4.43. The van der Waals surface area contributed by atoms with Gasteiger partial charge in [0.1, 0.15) is 5.75 Å². The Balaban J connectivity index is 1.80. The van der Waals surface area contributed by atoms with Crippen molar-refractivity contribution in [1.82, 2.24) is 5.32 Å². The van der Waals surface area contributed by atoms with Gasteiger partial charge in [-0.1, -0.05) is 60.7 Å². The molecule has 0 fully saturated rings. The molecule has 3 rings (SSSR count). The average Bonchev–Trinajstić information content (AvgIpc) is 2.65. The Morgan fingerprint density at radius 2 is 1.67 bits per heavy atom. The Hall–Kier alpha value is -2.36. The zero-order chi connectivity index (χ0) is 16.9. The van der Waals surface area contributed by atoms with Gasteiger partial charge in [0.2, 0.25) is 0 Å². The zero-order valence-corrected chi connectivity index (χ0v) is 14.1. The first kappa shape index (κ1) is 16.5. The molecule has 0 spiro atoms. The molecule has 0 saturated heterocycles. The van der Waals surface area contributed by atoms with Crippen LogP contribution in [0.2, 0.25) is 0 Å². The summed E-state index contributed by atoms with van der Waals surface area (Å²) < 4.78 is 5.53. The van der Waals surface area contributed by atoms with Crippen molar-refractivity contribution in [3.8, 4) is 5.75 Å². The maximum atomic E-state index is 10.5. The Kier molecular flexibility index (Phi) is 5.14. The summed E-state index contributed by atoms with van der Waals surface area (Å²) >= 11 is 0. The molecule has 24 heavy (non-hydrogen) atoms. The van der Waals surface area contributed by atoms with E-state index in [1.165, 1.54) is 10.8 Å². The largest absolute Gasteiger partial charge is 0.496 e. The van der Waals surface area contributed by atoms with Crippen LogP contribution in [0.25, 0.3) is 10.8 Å². The van der Waals surface area contributed by atoms with Gasteiger partial charge in [0.15, 0.2) is 0 Å². The monoisotopic (exact) mass is 321 g/mol. The second kappa shape index (κ2) is 7.47. The number of ether oxygens (including phenoxy) is 1. The summed E-state index contributed by atoms with van der Waals surface area (Å²) in [7, 11) is 1.69. The second-order valence-corrected chi connectivity index (χ2v) is 5.99. The molecule has 0 radical (unpaired) electrons. The lowest BCUT2D eigenvalue weighted by Crippen LogP contribution is -2.31. The van der Waals surface area contributed by atoms with Gasteiger partial charge in [-0.25, -0.2) is 0 Å². The van der Waals surface area contributed by atoms with E-state index in [4.69, 9.17) is 4.74 Å². The Bertz CT molecular complexity index is 801. The minimum Gasteiger partial charge on any atom is -0.496 e. The molecule has 124 valence electrons. The molecule has 0 unspecified atom stereocenters. The fourth-order valence-corrected chi connectivity index (χ4v) is 3.00. The van der Waals surface area contributed by atoms with Gasteiger partial charge in [-0.05, 0) is 29.3 Å². The molecule has 3 aromatic carbocycles. The van der Waals surface area contributed by atoms with Crippen LogP contribution in [0.15, 0.2) is 66.7 Å². The molecule has 0 amide bonds. The highest BCUT2D eigenvalue weighted by Gasteiger charge is 2.17. The summed E-state index contributed by atoms with van der Waals surface area (Å²) in [5.41, 5.74) is 2.03. The lowest BCUT2D eigenvalue weighted by Gasteiger charge is -2.22. The molecule has 0 aliphatic heterocycles. The highest BCUT2D eigenvalue weighted by Crippen LogP contribution is 2.28. The summed E-state index contributed by atoms with van der Waals surface area (Å²) in [5, 5.41) is 16.3. The van der Waals surface area contributed by atoms with Crippen LogP contribution in [0.5, 0.6) is 5.75 Å². The van der Waals surface area contributed by atoms with Crippen molar-refractivity contribution in [2.24, 2.45) is 0 Å². The number of hydrogen-bond donors (Lipinski definition) is 2. The quantitative estimate of drug-likeness (QED) is 0.719. The van der Waals surface area contributed by atoms with E-state index < -0.39 is 6.10 Å². The average molecular weight is 321 g/mol. The Labute approximate surface area is 142 Å². The number of aliphatic hydroxyl groups is 1. The van der Waals surface area contributed by atoms with Crippen molar-refractivity contribution in [2.75, 3.05) is 7.11 Å². The summed E-state index contributed by atoms with van der Waals surface area (Å²) in [6.45, 7) is 2.63. The molecule has 0 aliphatic carbocycles. The molecule has 0 aliphatic rings. The molecule has 0 heterocycles. The van der Waals surface area contributed by atoms with E-state index in [2.05, 4.69) is 23.5 Å². The van der Waals surface area contributed by atoms with Gasteiger partial charge in [-0.15, -0.1) is 0 Å². The van der Waals surface area contributed by atoms with E-state index in [0.717, 1.165) is 16.9 Å². The number of aliphatic hydroxyl groups excluding tert-OH is 1. The van der Waals surface area contributed by atoms with Crippen molar-refractivity contribution in [2.45, 2.75) is 25.6 Å². The predicted molar refractivity (Wildman–Crippen MR) is 98.2 cm³/mol. The van der Waals surface area contributed by atoms with Gasteiger partial charge in [0, 0.05) is 18.2 Å². The number of fused-ring (bicyclic) bond motifs is 1. The lowest BCUT2D eigenvalue weighted by atomic mass is 10.0. The van der Waals surface area contributed by atoms with E-state index in [9.17, 15) is 5.11 Å². The van der Waals surface area contributed by atoms with Gasteiger partial charge in [0.05, 0.1) is 13.2 Å².